The highest BCUT2D eigenvalue weighted by molar-refractivity contribution is 5.35. The second-order valence-corrected chi connectivity index (χ2v) is 29.9. The summed E-state index contributed by atoms with van der Waals surface area (Å²) in [6.07, 6.45) is 30.4. The molecule has 10 rings (SSSR count). The molecule has 18 atom stereocenters. The Morgan fingerprint density at radius 1 is 0.452 bits per heavy atom. The molecule has 2 heteroatoms. The second kappa shape index (κ2) is 14.2. The van der Waals surface area contributed by atoms with Crippen molar-refractivity contribution in [1.82, 2.24) is 0 Å². The summed E-state index contributed by atoms with van der Waals surface area (Å²) in [6.45, 7) is 41.0. The second-order valence-electron chi connectivity index (χ2n) is 29.9. The van der Waals surface area contributed by atoms with Gasteiger partial charge in [-0.15, -0.1) is 0 Å². The van der Waals surface area contributed by atoms with Gasteiger partial charge in [0, 0.05) is 0 Å². The van der Waals surface area contributed by atoms with Gasteiger partial charge in [-0.3, -0.25) is 0 Å². The first kappa shape index (κ1) is 46.5. The highest BCUT2D eigenvalue weighted by atomic mass is 16.3. The van der Waals surface area contributed by atoms with Crippen LogP contribution in [0.4, 0.5) is 0 Å². The largest absolute Gasteiger partial charge is 0.393 e. The standard InChI is InChI=1S/2C30H50O/c1-19-11-14-27(5)17-18-29(7)21(25(27)20(19)2)9-10-23-28(6)15-13-24(31)26(3,4)22(28)12-16-30(23,29)8;1-25(2)15-16-27(5)17-18-29(7)20(21(27)19-25)9-10-23-28(6)13-12-24(31)26(3,4)22(28)11-14-30(23,29)8/h9,19-20,22-25,31H,10-18H2,1-8H3;9,21-24,31H,10-19H2,1-8H3/t19-,20+,22?,23-,24+,25-,27-,28+,29-,30-;21-,22?,23-,24+,27-,28+,29-,30-/m11/s1. The zero-order valence-corrected chi connectivity index (χ0v) is 43.8. The van der Waals surface area contributed by atoms with Crippen LogP contribution in [-0.2, 0) is 0 Å². The van der Waals surface area contributed by atoms with Gasteiger partial charge in [0.15, 0.2) is 0 Å². The van der Waals surface area contributed by atoms with Crippen molar-refractivity contribution in [2.24, 2.45) is 107 Å². The van der Waals surface area contributed by atoms with E-state index in [4.69, 9.17) is 0 Å². The van der Waals surface area contributed by atoms with Crippen LogP contribution in [0.25, 0.3) is 0 Å². The predicted octanol–water partition coefficient (Wildman–Crippen LogP) is 16.2. The Labute approximate surface area is 383 Å². The molecule has 352 valence electrons. The molecular formula is C60H100O2. The van der Waals surface area contributed by atoms with E-state index in [-0.39, 0.29) is 23.0 Å². The van der Waals surface area contributed by atoms with Gasteiger partial charge >= 0.3 is 0 Å². The van der Waals surface area contributed by atoms with Crippen molar-refractivity contribution < 1.29 is 10.2 Å². The Kier molecular flexibility index (Phi) is 10.7. The average Bonchev–Trinajstić information content (AvgIpc) is 3.18. The predicted molar refractivity (Wildman–Crippen MR) is 261 cm³/mol. The Morgan fingerprint density at radius 2 is 0.903 bits per heavy atom. The number of rotatable bonds is 0. The molecule has 2 nitrogen and oxygen atoms in total. The zero-order chi connectivity index (χ0) is 45.3. The summed E-state index contributed by atoms with van der Waals surface area (Å²) in [5.41, 5.74) is 7.69. The summed E-state index contributed by atoms with van der Waals surface area (Å²) in [5, 5.41) is 21.8. The van der Waals surface area contributed by atoms with Crippen molar-refractivity contribution in [2.75, 3.05) is 0 Å². The third-order valence-corrected chi connectivity index (χ3v) is 26.4. The van der Waals surface area contributed by atoms with Crippen LogP contribution >= 0.6 is 0 Å². The van der Waals surface area contributed by atoms with Crippen LogP contribution in [0, 0.1) is 107 Å². The number of allylic oxidation sites excluding steroid dienone is 4. The molecule has 2 N–H and O–H groups in total. The maximum atomic E-state index is 10.9. The van der Waals surface area contributed by atoms with Gasteiger partial charge < -0.3 is 10.2 Å². The quantitative estimate of drug-likeness (QED) is 0.238. The number of fused-ring (bicyclic) bond motifs is 14. The minimum atomic E-state index is -0.125. The van der Waals surface area contributed by atoms with E-state index in [0.29, 0.717) is 60.6 Å². The van der Waals surface area contributed by atoms with Crippen molar-refractivity contribution in [3.8, 4) is 0 Å². The molecule has 62 heavy (non-hydrogen) atoms. The summed E-state index contributed by atoms with van der Waals surface area (Å²) in [4.78, 5) is 0. The third kappa shape index (κ3) is 6.02. The van der Waals surface area contributed by atoms with Crippen LogP contribution in [0.3, 0.4) is 0 Å². The fraction of sp³-hybridized carbons (Fsp3) is 0.933. The molecule has 0 radical (unpaired) electrons. The van der Waals surface area contributed by atoms with E-state index >= 15 is 0 Å². The van der Waals surface area contributed by atoms with Gasteiger partial charge in [-0.05, 0) is 229 Å². The maximum absolute atomic E-state index is 10.9. The minimum Gasteiger partial charge on any atom is -0.393 e. The molecule has 0 aromatic carbocycles. The lowest BCUT2D eigenvalue weighted by Crippen LogP contribution is -2.64. The minimum absolute atomic E-state index is 0.0533. The topological polar surface area (TPSA) is 40.5 Å². The van der Waals surface area contributed by atoms with Gasteiger partial charge in [0.2, 0.25) is 0 Å². The van der Waals surface area contributed by atoms with E-state index in [2.05, 4.69) is 123 Å². The van der Waals surface area contributed by atoms with Crippen LogP contribution < -0.4 is 0 Å². The van der Waals surface area contributed by atoms with E-state index in [9.17, 15) is 10.2 Å². The molecule has 8 fully saturated rings. The van der Waals surface area contributed by atoms with Crippen LogP contribution in [0.15, 0.2) is 23.3 Å². The lowest BCUT2D eigenvalue weighted by Gasteiger charge is -2.71. The van der Waals surface area contributed by atoms with Crippen LogP contribution in [0.1, 0.15) is 233 Å². The van der Waals surface area contributed by atoms with E-state index < -0.39 is 0 Å². The summed E-state index contributed by atoms with van der Waals surface area (Å²) in [6, 6.07) is 0. The molecule has 0 amide bonds. The first-order valence-electron chi connectivity index (χ1n) is 27.3. The van der Waals surface area contributed by atoms with E-state index in [1.807, 2.05) is 11.1 Å². The number of aliphatic hydroxyl groups excluding tert-OH is 2. The Morgan fingerprint density at radius 3 is 1.42 bits per heavy atom. The van der Waals surface area contributed by atoms with Gasteiger partial charge in [0.1, 0.15) is 0 Å². The van der Waals surface area contributed by atoms with Crippen LogP contribution in [0.5, 0.6) is 0 Å². The van der Waals surface area contributed by atoms with Crippen LogP contribution in [-0.4, -0.2) is 22.4 Å². The monoisotopic (exact) mass is 853 g/mol. The first-order chi connectivity index (χ1) is 28.5. The highest BCUT2D eigenvalue weighted by Crippen LogP contribution is 2.78. The molecule has 0 saturated heterocycles. The highest BCUT2D eigenvalue weighted by Gasteiger charge is 2.70. The first-order valence-corrected chi connectivity index (χ1v) is 27.3. The third-order valence-electron chi connectivity index (χ3n) is 26.4. The molecule has 0 spiro atoms. The molecule has 0 aromatic heterocycles. The summed E-state index contributed by atoms with van der Waals surface area (Å²) >= 11 is 0. The summed E-state index contributed by atoms with van der Waals surface area (Å²) in [5.74, 6) is 6.11. The number of hydrogen-bond donors (Lipinski definition) is 2. The van der Waals surface area contributed by atoms with Crippen molar-refractivity contribution in [3.63, 3.8) is 0 Å². The van der Waals surface area contributed by atoms with E-state index in [1.54, 1.807) is 0 Å². The fourth-order valence-corrected chi connectivity index (χ4v) is 21.4. The number of hydrogen-bond acceptors (Lipinski definition) is 2. The molecule has 0 aromatic rings. The van der Waals surface area contributed by atoms with Crippen molar-refractivity contribution in [3.05, 3.63) is 23.3 Å². The molecule has 8 saturated carbocycles. The van der Waals surface area contributed by atoms with Gasteiger partial charge in [0.05, 0.1) is 12.2 Å². The van der Waals surface area contributed by atoms with Gasteiger partial charge in [-0.2, -0.15) is 0 Å². The zero-order valence-electron chi connectivity index (χ0n) is 43.8. The summed E-state index contributed by atoms with van der Waals surface area (Å²) in [7, 11) is 0. The van der Waals surface area contributed by atoms with E-state index in [1.165, 1.54) is 109 Å². The normalized spacial score (nSPS) is 56.7. The Bertz CT molecular complexity index is 1830. The lowest BCUT2D eigenvalue weighted by molar-refractivity contribution is -0.203. The molecule has 0 bridgehead atoms. The molecule has 0 aliphatic heterocycles. The summed E-state index contributed by atoms with van der Waals surface area (Å²) < 4.78 is 0. The fourth-order valence-electron chi connectivity index (χ4n) is 21.4. The molecular weight excluding hydrogens is 753 g/mol. The van der Waals surface area contributed by atoms with Crippen molar-refractivity contribution in [2.45, 2.75) is 245 Å². The van der Waals surface area contributed by atoms with Crippen molar-refractivity contribution >= 4 is 0 Å². The van der Waals surface area contributed by atoms with Gasteiger partial charge in [0.25, 0.3) is 0 Å². The SMILES string of the molecule is CC1(C)CC[C@]2(C)CC[C@]3(C)C(=CC[C@@H]4[C@@]5(C)CC[C@H](O)C(C)(C)C5CC[C@]43C)[C@H]2C1.C[C@H]1[C@H](C)CC[C@]2(C)CC[C@]3(C)C(=CC[C@@H]4[C@@]5(C)CC[C@H](O)C(C)(C)C5CC[C@]43C)[C@@H]12. The molecule has 2 unspecified atom stereocenters. The maximum Gasteiger partial charge on any atom is 0.0594 e. The van der Waals surface area contributed by atoms with Crippen LogP contribution in [0.2, 0.25) is 0 Å². The molecule has 10 aliphatic carbocycles. The smallest absolute Gasteiger partial charge is 0.0594 e. The van der Waals surface area contributed by atoms with Crippen molar-refractivity contribution in [1.29, 1.82) is 0 Å². The molecule has 10 aliphatic rings. The molecule has 0 heterocycles. The lowest BCUT2D eigenvalue weighted by atomic mass is 9.33. The Balaban J connectivity index is 0.000000158. The van der Waals surface area contributed by atoms with Gasteiger partial charge in [-0.1, -0.05) is 134 Å². The average molecular weight is 853 g/mol. The Hall–Kier alpha value is -0.600. The number of aliphatic hydroxyl groups is 2. The van der Waals surface area contributed by atoms with Gasteiger partial charge in [-0.25, -0.2) is 0 Å². The van der Waals surface area contributed by atoms with E-state index in [0.717, 1.165) is 48.3 Å².